The highest BCUT2D eigenvalue weighted by atomic mass is 16.7. The maximum absolute atomic E-state index is 10.8. The first kappa shape index (κ1) is 12.6. The van der Waals surface area contributed by atoms with Gasteiger partial charge in [0.05, 0.1) is 13.2 Å². The molecule has 0 aromatic heterocycles. The van der Waals surface area contributed by atoms with Crippen molar-refractivity contribution in [1.82, 2.24) is 0 Å². The molecule has 0 spiro atoms. The molecule has 78 valence electrons. The summed E-state index contributed by atoms with van der Waals surface area (Å²) in [6.07, 6.45) is 3.12. The molecule has 3 heteroatoms. The van der Waals surface area contributed by atoms with Gasteiger partial charge in [-0.05, 0) is 12.8 Å². The van der Waals surface area contributed by atoms with Crippen molar-refractivity contribution in [3.05, 3.63) is 0 Å². The minimum Gasteiger partial charge on any atom is -0.344 e. The minimum absolute atomic E-state index is 0.566. The normalized spacial score (nSPS) is 11.6. The van der Waals surface area contributed by atoms with Crippen molar-refractivity contribution in [2.75, 3.05) is 13.2 Å². The molecule has 0 bridgehead atoms. The summed E-state index contributed by atoms with van der Waals surface area (Å²) in [5, 5.41) is 0. The van der Waals surface area contributed by atoms with Crippen LogP contribution >= 0.6 is 0 Å². The predicted molar refractivity (Wildman–Crippen MR) is 51.6 cm³/mol. The van der Waals surface area contributed by atoms with Crippen LogP contribution in [0.4, 0.5) is 0 Å². The van der Waals surface area contributed by atoms with Crippen LogP contribution < -0.4 is 0 Å². The summed E-state index contributed by atoms with van der Waals surface area (Å²) >= 11 is 0. The monoisotopic (exact) mass is 188 g/mol. The maximum atomic E-state index is 10.8. The molecule has 0 aliphatic carbocycles. The summed E-state index contributed by atoms with van der Waals surface area (Å²) in [5.74, 6) is -0.994. The fraction of sp³-hybridized carbons (Fsp3) is 0.900. The Kier molecular flexibility index (Phi) is 6.82. The highest BCUT2D eigenvalue weighted by Crippen LogP contribution is 2.15. The fourth-order valence-corrected chi connectivity index (χ4v) is 0.947. The van der Waals surface area contributed by atoms with Crippen LogP contribution in [0.2, 0.25) is 0 Å². The van der Waals surface area contributed by atoms with E-state index in [1.54, 1.807) is 0 Å². The van der Waals surface area contributed by atoms with E-state index in [0.29, 0.717) is 19.6 Å². The van der Waals surface area contributed by atoms with Gasteiger partial charge < -0.3 is 9.47 Å². The number of hydrogen-bond acceptors (Lipinski definition) is 3. The molecular formula is C10H20O3. The summed E-state index contributed by atoms with van der Waals surface area (Å²) in [6, 6.07) is 0. The molecule has 0 aliphatic rings. The zero-order valence-electron chi connectivity index (χ0n) is 8.84. The Balaban J connectivity index is 4.04. The standard InChI is InChI=1S/C10H20O3/c1-4-7-12-10(6-3,9-11)13-8-5-2/h9H,4-8H2,1-3H3. The van der Waals surface area contributed by atoms with Crippen LogP contribution in [0.5, 0.6) is 0 Å². The van der Waals surface area contributed by atoms with Gasteiger partial charge in [-0.2, -0.15) is 0 Å². The van der Waals surface area contributed by atoms with Gasteiger partial charge in [0.2, 0.25) is 5.79 Å². The molecular weight excluding hydrogens is 168 g/mol. The van der Waals surface area contributed by atoms with Gasteiger partial charge >= 0.3 is 0 Å². The van der Waals surface area contributed by atoms with E-state index >= 15 is 0 Å². The first-order valence-corrected chi connectivity index (χ1v) is 4.98. The number of aldehydes is 1. The SMILES string of the molecule is CCCOC(C=O)(CC)OCCC. The third-order valence-corrected chi connectivity index (χ3v) is 1.77. The third-order valence-electron chi connectivity index (χ3n) is 1.77. The molecule has 0 heterocycles. The predicted octanol–water partition coefficient (Wildman–Crippen LogP) is 2.14. The Morgan fingerprint density at radius 3 is 1.77 bits per heavy atom. The second kappa shape index (κ2) is 7.04. The molecule has 13 heavy (non-hydrogen) atoms. The van der Waals surface area contributed by atoms with E-state index in [4.69, 9.17) is 9.47 Å². The Labute approximate surface area is 80.4 Å². The molecule has 3 nitrogen and oxygen atoms in total. The summed E-state index contributed by atoms with van der Waals surface area (Å²) in [5.41, 5.74) is 0. The van der Waals surface area contributed by atoms with Crippen LogP contribution in [-0.2, 0) is 14.3 Å². The molecule has 0 rings (SSSR count). The average molecular weight is 188 g/mol. The van der Waals surface area contributed by atoms with Crippen molar-refractivity contribution in [3.8, 4) is 0 Å². The molecule has 0 amide bonds. The van der Waals surface area contributed by atoms with Gasteiger partial charge in [0, 0.05) is 6.42 Å². The number of carbonyl (C=O) groups is 1. The van der Waals surface area contributed by atoms with E-state index in [9.17, 15) is 4.79 Å². The van der Waals surface area contributed by atoms with Crippen LogP contribution in [0.25, 0.3) is 0 Å². The number of ether oxygens (including phenoxy) is 2. The third kappa shape index (κ3) is 4.39. The largest absolute Gasteiger partial charge is 0.344 e. The van der Waals surface area contributed by atoms with Gasteiger partial charge in [-0.25, -0.2) is 0 Å². The summed E-state index contributed by atoms with van der Waals surface area (Å²) < 4.78 is 10.8. The lowest BCUT2D eigenvalue weighted by Crippen LogP contribution is -2.37. The molecule has 0 saturated heterocycles. The van der Waals surface area contributed by atoms with Crippen LogP contribution in [0.15, 0.2) is 0 Å². The zero-order valence-corrected chi connectivity index (χ0v) is 8.84. The Morgan fingerprint density at radius 2 is 1.54 bits per heavy atom. The molecule has 0 aromatic rings. The van der Waals surface area contributed by atoms with Gasteiger partial charge in [-0.1, -0.05) is 20.8 Å². The molecule has 0 aliphatic heterocycles. The van der Waals surface area contributed by atoms with E-state index in [-0.39, 0.29) is 0 Å². The quantitative estimate of drug-likeness (QED) is 0.432. The van der Waals surface area contributed by atoms with E-state index in [1.165, 1.54) is 0 Å². The van der Waals surface area contributed by atoms with Gasteiger partial charge in [-0.3, -0.25) is 4.79 Å². The minimum atomic E-state index is -0.994. The average Bonchev–Trinajstić information content (AvgIpc) is 2.20. The van der Waals surface area contributed by atoms with Crippen LogP contribution in [0, 0.1) is 0 Å². The second-order valence-corrected chi connectivity index (χ2v) is 2.98. The van der Waals surface area contributed by atoms with Gasteiger partial charge in [0.1, 0.15) is 0 Å². The fourth-order valence-electron chi connectivity index (χ4n) is 0.947. The molecule has 0 aromatic carbocycles. The summed E-state index contributed by atoms with van der Waals surface area (Å²) in [6.45, 7) is 7.03. The summed E-state index contributed by atoms with van der Waals surface area (Å²) in [4.78, 5) is 10.8. The molecule has 0 fully saturated rings. The van der Waals surface area contributed by atoms with Crippen molar-refractivity contribution in [2.45, 2.75) is 45.8 Å². The van der Waals surface area contributed by atoms with Crippen LogP contribution in [0.3, 0.4) is 0 Å². The first-order valence-electron chi connectivity index (χ1n) is 4.98. The summed E-state index contributed by atoms with van der Waals surface area (Å²) in [7, 11) is 0. The van der Waals surface area contributed by atoms with Crippen molar-refractivity contribution in [1.29, 1.82) is 0 Å². The highest BCUT2D eigenvalue weighted by molar-refractivity contribution is 5.59. The van der Waals surface area contributed by atoms with E-state index in [0.717, 1.165) is 19.1 Å². The smallest absolute Gasteiger partial charge is 0.225 e. The van der Waals surface area contributed by atoms with Crippen LogP contribution in [-0.4, -0.2) is 25.3 Å². The highest BCUT2D eigenvalue weighted by Gasteiger charge is 2.28. The van der Waals surface area contributed by atoms with Gasteiger partial charge in [-0.15, -0.1) is 0 Å². The second-order valence-electron chi connectivity index (χ2n) is 2.98. The molecule has 0 atom stereocenters. The molecule has 0 unspecified atom stereocenters. The first-order chi connectivity index (χ1) is 6.24. The van der Waals surface area contributed by atoms with Crippen molar-refractivity contribution >= 4 is 6.29 Å². The lowest BCUT2D eigenvalue weighted by Gasteiger charge is -2.26. The van der Waals surface area contributed by atoms with E-state index in [1.807, 2.05) is 20.8 Å². The van der Waals surface area contributed by atoms with Crippen molar-refractivity contribution < 1.29 is 14.3 Å². The number of carbonyl (C=O) groups excluding carboxylic acids is 1. The van der Waals surface area contributed by atoms with Gasteiger partial charge in [0.25, 0.3) is 0 Å². The molecule has 0 radical (unpaired) electrons. The van der Waals surface area contributed by atoms with E-state index in [2.05, 4.69) is 0 Å². The van der Waals surface area contributed by atoms with Gasteiger partial charge in [0.15, 0.2) is 6.29 Å². The Bertz CT molecular complexity index is 126. The van der Waals surface area contributed by atoms with Crippen molar-refractivity contribution in [2.24, 2.45) is 0 Å². The number of rotatable bonds is 8. The number of hydrogen-bond donors (Lipinski definition) is 0. The maximum Gasteiger partial charge on any atom is 0.225 e. The van der Waals surface area contributed by atoms with Crippen LogP contribution in [0.1, 0.15) is 40.0 Å². The zero-order chi connectivity index (χ0) is 10.2. The lowest BCUT2D eigenvalue weighted by molar-refractivity contribution is -0.220. The van der Waals surface area contributed by atoms with Crippen molar-refractivity contribution in [3.63, 3.8) is 0 Å². The molecule has 0 saturated carbocycles. The topological polar surface area (TPSA) is 35.5 Å². The Morgan fingerprint density at radius 1 is 1.08 bits per heavy atom. The van der Waals surface area contributed by atoms with E-state index < -0.39 is 5.79 Å². The Hall–Kier alpha value is -0.410. The molecule has 0 N–H and O–H groups in total. The lowest BCUT2D eigenvalue weighted by atomic mass is 10.2.